The fraction of sp³-hybridized carbons (Fsp3) is 0.478. The molecule has 0 radical (unpaired) electrons. The number of hydrogen-bond donors (Lipinski definition) is 2. The molecule has 0 unspecified atom stereocenters. The highest BCUT2D eigenvalue weighted by molar-refractivity contribution is 7.99. The van der Waals surface area contributed by atoms with Crippen LogP contribution in [0.15, 0.2) is 35.4 Å². The van der Waals surface area contributed by atoms with Gasteiger partial charge in [-0.2, -0.15) is 0 Å². The van der Waals surface area contributed by atoms with Crippen LogP contribution in [0.4, 0.5) is 11.5 Å². The van der Waals surface area contributed by atoms with E-state index in [4.69, 9.17) is 9.47 Å². The average molecular weight is 472 g/mol. The summed E-state index contributed by atoms with van der Waals surface area (Å²) in [5, 5.41) is 15.1. The summed E-state index contributed by atoms with van der Waals surface area (Å²) in [7, 11) is 0. The molecule has 0 bridgehead atoms. The molecule has 0 saturated carbocycles. The number of piperidine rings is 1. The fourth-order valence-corrected chi connectivity index (χ4v) is 4.40. The van der Waals surface area contributed by atoms with Crippen LogP contribution in [0.3, 0.4) is 0 Å². The SMILES string of the molecule is CC(C)NC(=O)C1CCN(c2ccc(SCC(=O)Nc3ccc4c(c3)OCCO4)nn2)CC1. The summed E-state index contributed by atoms with van der Waals surface area (Å²) in [5.41, 5.74) is 0.664. The van der Waals surface area contributed by atoms with E-state index in [0.29, 0.717) is 35.4 Å². The van der Waals surface area contributed by atoms with E-state index in [1.807, 2.05) is 26.0 Å². The van der Waals surface area contributed by atoms with E-state index in [1.54, 1.807) is 18.2 Å². The van der Waals surface area contributed by atoms with Gasteiger partial charge in [-0.15, -0.1) is 10.2 Å². The second kappa shape index (κ2) is 10.7. The highest BCUT2D eigenvalue weighted by atomic mass is 32.2. The molecule has 4 rings (SSSR count). The summed E-state index contributed by atoms with van der Waals surface area (Å²) in [6.07, 6.45) is 1.60. The van der Waals surface area contributed by atoms with Gasteiger partial charge in [0.15, 0.2) is 17.3 Å². The number of amides is 2. The lowest BCUT2D eigenvalue weighted by Crippen LogP contribution is -2.42. The second-order valence-corrected chi connectivity index (χ2v) is 9.35. The molecule has 1 aromatic heterocycles. The molecule has 0 spiro atoms. The number of ether oxygens (including phenoxy) is 2. The molecule has 2 N–H and O–H groups in total. The Morgan fingerprint density at radius 1 is 1.09 bits per heavy atom. The molecule has 1 fully saturated rings. The molecule has 33 heavy (non-hydrogen) atoms. The number of rotatable bonds is 7. The molecule has 176 valence electrons. The maximum absolute atomic E-state index is 12.3. The molecular weight excluding hydrogens is 442 g/mol. The lowest BCUT2D eigenvalue weighted by atomic mass is 9.95. The van der Waals surface area contributed by atoms with E-state index >= 15 is 0 Å². The quantitative estimate of drug-likeness (QED) is 0.594. The zero-order chi connectivity index (χ0) is 23.2. The maximum atomic E-state index is 12.3. The summed E-state index contributed by atoms with van der Waals surface area (Å²) in [6, 6.07) is 9.31. The third kappa shape index (κ3) is 6.28. The minimum absolute atomic E-state index is 0.0548. The lowest BCUT2D eigenvalue weighted by molar-refractivity contribution is -0.126. The first-order valence-electron chi connectivity index (χ1n) is 11.2. The van der Waals surface area contributed by atoms with E-state index in [2.05, 4.69) is 25.7 Å². The molecule has 1 aromatic carbocycles. The number of carbonyl (C=O) groups is 2. The highest BCUT2D eigenvalue weighted by Gasteiger charge is 2.26. The van der Waals surface area contributed by atoms with Crippen LogP contribution in [-0.4, -0.2) is 60.1 Å². The summed E-state index contributed by atoms with van der Waals surface area (Å²) in [6.45, 7) is 6.53. The van der Waals surface area contributed by atoms with Crippen LogP contribution >= 0.6 is 11.8 Å². The predicted octanol–water partition coefficient (Wildman–Crippen LogP) is 2.72. The van der Waals surface area contributed by atoms with Crippen LogP contribution in [0, 0.1) is 5.92 Å². The number of anilines is 2. The average Bonchev–Trinajstić information content (AvgIpc) is 2.83. The predicted molar refractivity (Wildman–Crippen MR) is 127 cm³/mol. The van der Waals surface area contributed by atoms with E-state index in [-0.39, 0.29) is 29.5 Å². The highest BCUT2D eigenvalue weighted by Crippen LogP contribution is 2.32. The van der Waals surface area contributed by atoms with Crippen molar-refractivity contribution in [3.8, 4) is 11.5 Å². The van der Waals surface area contributed by atoms with E-state index in [1.165, 1.54) is 11.8 Å². The van der Waals surface area contributed by atoms with Crippen LogP contribution in [0.1, 0.15) is 26.7 Å². The standard InChI is InChI=1S/C23H29N5O4S/c1-15(2)24-23(30)16-7-9-28(10-8-16)20-5-6-22(27-26-20)33-14-21(29)25-17-3-4-18-19(13-17)32-12-11-31-18/h3-6,13,15-16H,7-12,14H2,1-2H3,(H,24,30)(H,25,29). The van der Waals surface area contributed by atoms with Crippen molar-refractivity contribution in [2.45, 2.75) is 37.8 Å². The van der Waals surface area contributed by atoms with Crippen LogP contribution < -0.4 is 25.0 Å². The number of benzene rings is 1. The van der Waals surface area contributed by atoms with Crippen molar-refractivity contribution in [3.05, 3.63) is 30.3 Å². The maximum Gasteiger partial charge on any atom is 0.234 e. The molecule has 0 atom stereocenters. The summed E-state index contributed by atoms with van der Waals surface area (Å²) in [4.78, 5) is 26.7. The van der Waals surface area contributed by atoms with Gasteiger partial charge in [0.2, 0.25) is 11.8 Å². The Hall–Kier alpha value is -3.01. The summed E-state index contributed by atoms with van der Waals surface area (Å²) < 4.78 is 11.0. The van der Waals surface area contributed by atoms with Crippen LogP contribution in [-0.2, 0) is 9.59 Å². The van der Waals surface area contributed by atoms with E-state index in [9.17, 15) is 9.59 Å². The smallest absolute Gasteiger partial charge is 0.234 e. The number of carbonyl (C=O) groups excluding carboxylic acids is 2. The minimum Gasteiger partial charge on any atom is -0.486 e. The van der Waals surface area contributed by atoms with Gasteiger partial charge in [0.1, 0.15) is 18.2 Å². The molecule has 10 heteroatoms. The van der Waals surface area contributed by atoms with E-state index in [0.717, 1.165) is 31.7 Å². The van der Waals surface area contributed by atoms with Gasteiger partial charge in [-0.3, -0.25) is 9.59 Å². The van der Waals surface area contributed by atoms with Crippen molar-refractivity contribution in [1.29, 1.82) is 0 Å². The van der Waals surface area contributed by atoms with Gasteiger partial charge in [0, 0.05) is 36.8 Å². The molecule has 0 aliphatic carbocycles. The largest absolute Gasteiger partial charge is 0.486 e. The zero-order valence-electron chi connectivity index (χ0n) is 18.9. The Bertz CT molecular complexity index is 977. The molecule has 3 heterocycles. The fourth-order valence-electron chi connectivity index (χ4n) is 3.79. The third-order valence-electron chi connectivity index (χ3n) is 5.42. The number of hydrogen-bond acceptors (Lipinski definition) is 8. The molecule has 2 aliphatic heterocycles. The molecular formula is C23H29N5O4S. The van der Waals surface area contributed by atoms with Gasteiger partial charge in [-0.25, -0.2) is 0 Å². The third-order valence-corrected chi connectivity index (χ3v) is 6.34. The zero-order valence-corrected chi connectivity index (χ0v) is 19.7. The van der Waals surface area contributed by atoms with Crippen molar-refractivity contribution in [2.24, 2.45) is 5.92 Å². The van der Waals surface area contributed by atoms with Crippen LogP contribution in [0.5, 0.6) is 11.5 Å². The van der Waals surface area contributed by atoms with Crippen LogP contribution in [0.25, 0.3) is 0 Å². The van der Waals surface area contributed by atoms with Gasteiger partial charge >= 0.3 is 0 Å². The lowest BCUT2D eigenvalue weighted by Gasteiger charge is -2.32. The van der Waals surface area contributed by atoms with Gasteiger partial charge in [-0.05, 0) is 51.0 Å². The van der Waals surface area contributed by atoms with E-state index < -0.39 is 0 Å². The first-order chi connectivity index (χ1) is 16.0. The normalized spacial score (nSPS) is 15.9. The van der Waals surface area contributed by atoms with Gasteiger partial charge in [-0.1, -0.05) is 11.8 Å². The second-order valence-electron chi connectivity index (χ2n) is 8.35. The topological polar surface area (TPSA) is 106 Å². The van der Waals surface area contributed by atoms with Crippen molar-refractivity contribution in [1.82, 2.24) is 15.5 Å². The minimum atomic E-state index is -0.135. The Kier molecular flexibility index (Phi) is 7.54. The number of nitrogens with zero attached hydrogens (tertiary/aromatic N) is 3. The first-order valence-corrected chi connectivity index (χ1v) is 12.2. The molecule has 2 aromatic rings. The Morgan fingerprint density at radius 3 is 2.55 bits per heavy atom. The molecule has 2 aliphatic rings. The first kappa shape index (κ1) is 23.2. The van der Waals surface area contributed by atoms with Crippen LogP contribution in [0.2, 0.25) is 0 Å². The summed E-state index contributed by atoms with van der Waals surface area (Å²) >= 11 is 1.33. The number of fused-ring (bicyclic) bond motifs is 1. The Morgan fingerprint density at radius 2 is 1.85 bits per heavy atom. The molecule has 1 saturated heterocycles. The number of nitrogens with one attached hydrogen (secondary N) is 2. The Labute approximate surface area is 197 Å². The molecule has 2 amide bonds. The van der Waals surface area contributed by atoms with Crippen molar-refractivity contribution >= 4 is 35.1 Å². The molecule has 9 nitrogen and oxygen atoms in total. The van der Waals surface area contributed by atoms with Crippen molar-refractivity contribution in [3.63, 3.8) is 0 Å². The number of aromatic nitrogens is 2. The van der Waals surface area contributed by atoms with Gasteiger partial charge < -0.3 is 25.0 Å². The number of thioether (sulfide) groups is 1. The van der Waals surface area contributed by atoms with Crippen molar-refractivity contribution in [2.75, 3.05) is 42.3 Å². The van der Waals surface area contributed by atoms with Gasteiger partial charge in [0.05, 0.1) is 5.75 Å². The van der Waals surface area contributed by atoms with Gasteiger partial charge in [0.25, 0.3) is 0 Å². The Balaban J connectivity index is 1.23. The van der Waals surface area contributed by atoms with Crippen molar-refractivity contribution < 1.29 is 19.1 Å². The monoisotopic (exact) mass is 471 g/mol. The summed E-state index contributed by atoms with van der Waals surface area (Å²) in [5.74, 6) is 2.40.